The molecule has 1 heterocycles. The SMILES string of the molecule is CCCn1c(SC(C)c2cccc([N+](=O)[O-])c2)n[nH]c1=O. The fraction of sp³-hybridized carbons (Fsp3) is 0.385. The molecule has 1 aromatic heterocycles. The standard InChI is InChI=1S/C13H16N4O3S/c1-3-7-16-12(18)14-15-13(16)21-9(2)10-5-4-6-11(8-10)17(19)20/h4-6,8-9H,3,7H2,1-2H3,(H,14,18). The topological polar surface area (TPSA) is 93.8 Å². The van der Waals surface area contributed by atoms with E-state index < -0.39 is 4.92 Å². The monoisotopic (exact) mass is 308 g/mol. The predicted molar refractivity (Wildman–Crippen MR) is 80.5 cm³/mol. The number of rotatable bonds is 6. The largest absolute Gasteiger partial charge is 0.343 e. The highest BCUT2D eigenvalue weighted by Gasteiger charge is 2.16. The maximum absolute atomic E-state index is 11.6. The van der Waals surface area contributed by atoms with Crippen LogP contribution in [0, 0.1) is 10.1 Å². The van der Waals surface area contributed by atoms with Gasteiger partial charge in [0.1, 0.15) is 0 Å². The van der Waals surface area contributed by atoms with Gasteiger partial charge in [-0.15, -0.1) is 5.10 Å². The van der Waals surface area contributed by atoms with E-state index in [1.165, 1.54) is 17.8 Å². The lowest BCUT2D eigenvalue weighted by atomic mass is 10.1. The fourth-order valence-electron chi connectivity index (χ4n) is 1.93. The minimum absolute atomic E-state index is 0.0456. The molecule has 7 nitrogen and oxygen atoms in total. The number of hydrogen-bond donors (Lipinski definition) is 1. The van der Waals surface area contributed by atoms with Crippen LogP contribution < -0.4 is 5.69 Å². The quantitative estimate of drug-likeness (QED) is 0.503. The smallest absolute Gasteiger partial charge is 0.270 e. The number of nitro benzene ring substituents is 1. The molecule has 0 saturated carbocycles. The Morgan fingerprint density at radius 3 is 2.95 bits per heavy atom. The lowest BCUT2D eigenvalue weighted by Gasteiger charge is -2.11. The number of aromatic nitrogens is 3. The Morgan fingerprint density at radius 1 is 1.52 bits per heavy atom. The molecule has 2 aromatic rings. The van der Waals surface area contributed by atoms with Gasteiger partial charge in [-0.3, -0.25) is 14.7 Å². The lowest BCUT2D eigenvalue weighted by Crippen LogP contribution is -2.17. The first-order chi connectivity index (χ1) is 10.0. The third-order valence-electron chi connectivity index (χ3n) is 3.00. The molecule has 1 aromatic carbocycles. The van der Waals surface area contributed by atoms with E-state index in [4.69, 9.17) is 0 Å². The molecule has 0 radical (unpaired) electrons. The molecule has 2 rings (SSSR count). The zero-order valence-corrected chi connectivity index (χ0v) is 12.6. The van der Waals surface area contributed by atoms with Crippen molar-refractivity contribution in [1.29, 1.82) is 0 Å². The van der Waals surface area contributed by atoms with Crippen LogP contribution >= 0.6 is 11.8 Å². The zero-order chi connectivity index (χ0) is 15.4. The predicted octanol–water partition coefficient (Wildman–Crippen LogP) is 2.74. The Hall–Kier alpha value is -2.09. The number of nitrogens with one attached hydrogen (secondary N) is 1. The summed E-state index contributed by atoms with van der Waals surface area (Å²) < 4.78 is 1.58. The van der Waals surface area contributed by atoms with Gasteiger partial charge in [0.25, 0.3) is 5.69 Å². The number of benzene rings is 1. The number of thioether (sulfide) groups is 1. The van der Waals surface area contributed by atoms with Crippen LogP contribution in [0.2, 0.25) is 0 Å². The molecular weight excluding hydrogens is 292 g/mol. The first-order valence-corrected chi connectivity index (χ1v) is 7.47. The molecule has 21 heavy (non-hydrogen) atoms. The molecule has 1 atom stereocenters. The summed E-state index contributed by atoms with van der Waals surface area (Å²) >= 11 is 1.40. The van der Waals surface area contributed by atoms with Crippen molar-refractivity contribution < 1.29 is 4.92 Å². The summed E-state index contributed by atoms with van der Waals surface area (Å²) in [6.45, 7) is 4.51. The molecular formula is C13H16N4O3S. The van der Waals surface area contributed by atoms with Crippen molar-refractivity contribution in [2.24, 2.45) is 0 Å². The van der Waals surface area contributed by atoms with Crippen LogP contribution in [0.4, 0.5) is 5.69 Å². The second-order valence-corrected chi connectivity index (χ2v) is 5.88. The van der Waals surface area contributed by atoms with Crippen LogP contribution in [0.3, 0.4) is 0 Å². The summed E-state index contributed by atoms with van der Waals surface area (Å²) in [5.41, 5.74) is 0.659. The summed E-state index contributed by atoms with van der Waals surface area (Å²) in [6.07, 6.45) is 0.832. The van der Waals surface area contributed by atoms with E-state index in [1.807, 2.05) is 19.9 Å². The number of hydrogen-bond acceptors (Lipinski definition) is 5. The number of nitrogens with zero attached hydrogens (tertiary/aromatic N) is 3. The van der Waals surface area contributed by atoms with Gasteiger partial charge < -0.3 is 0 Å². The van der Waals surface area contributed by atoms with E-state index in [1.54, 1.807) is 16.7 Å². The molecule has 0 aliphatic carbocycles. The van der Waals surface area contributed by atoms with Gasteiger partial charge in [-0.25, -0.2) is 9.89 Å². The number of nitro groups is 1. The first-order valence-electron chi connectivity index (χ1n) is 6.59. The van der Waals surface area contributed by atoms with Crippen LogP contribution in [0.1, 0.15) is 31.1 Å². The third kappa shape index (κ3) is 3.52. The summed E-state index contributed by atoms with van der Waals surface area (Å²) in [4.78, 5) is 22.0. The van der Waals surface area contributed by atoms with Gasteiger partial charge in [-0.2, -0.15) is 0 Å². The fourth-order valence-corrected chi connectivity index (χ4v) is 2.93. The third-order valence-corrected chi connectivity index (χ3v) is 4.15. The Kier molecular flexibility index (Phi) is 4.79. The van der Waals surface area contributed by atoms with Crippen LogP contribution in [0.15, 0.2) is 34.2 Å². The Labute approximate surface area is 125 Å². The molecule has 0 fully saturated rings. The minimum atomic E-state index is -0.414. The highest BCUT2D eigenvalue weighted by Crippen LogP contribution is 2.34. The number of aromatic amines is 1. The van der Waals surface area contributed by atoms with E-state index in [9.17, 15) is 14.9 Å². The van der Waals surface area contributed by atoms with Crippen molar-refractivity contribution in [2.75, 3.05) is 0 Å². The molecule has 0 aliphatic rings. The van der Waals surface area contributed by atoms with E-state index in [2.05, 4.69) is 10.2 Å². The second-order valence-electron chi connectivity index (χ2n) is 4.58. The highest BCUT2D eigenvalue weighted by atomic mass is 32.2. The first kappa shape index (κ1) is 15.3. The Bertz CT molecular complexity index is 695. The van der Waals surface area contributed by atoms with Crippen LogP contribution in [0.5, 0.6) is 0 Å². The molecule has 0 saturated heterocycles. The molecule has 8 heteroatoms. The maximum atomic E-state index is 11.6. The van der Waals surface area contributed by atoms with Gasteiger partial charge in [0.05, 0.1) is 4.92 Å². The van der Waals surface area contributed by atoms with Crippen molar-refractivity contribution in [3.05, 3.63) is 50.4 Å². The van der Waals surface area contributed by atoms with Gasteiger partial charge in [-0.1, -0.05) is 30.8 Å². The molecule has 1 unspecified atom stereocenters. The summed E-state index contributed by atoms with van der Waals surface area (Å²) in [6, 6.07) is 6.50. The maximum Gasteiger partial charge on any atom is 0.343 e. The van der Waals surface area contributed by atoms with Gasteiger partial charge in [-0.05, 0) is 18.9 Å². The van der Waals surface area contributed by atoms with Gasteiger partial charge in [0.2, 0.25) is 0 Å². The molecule has 0 spiro atoms. The van der Waals surface area contributed by atoms with E-state index in [0.717, 1.165) is 12.0 Å². The van der Waals surface area contributed by atoms with E-state index in [-0.39, 0.29) is 16.6 Å². The van der Waals surface area contributed by atoms with Crippen LogP contribution in [-0.4, -0.2) is 19.7 Å². The molecule has 0 bridgehead atoms. The molecule has 0 amide bonds. The molecule has 0 aliphatic heterocycles. The summed E-state index contributed by atoms with van der Waals surface area (Å²) in [7, 11) is 0. The van der Waals surface area contributed by atoms with Crippen molar-refractivity contribution in [3.63, 3.8) is 0 Å². The van der Waals surface area contributed by atoms with Crippen molar-refractivity contribution >= 4 is 17.4 Å². The summed E-state index contributed by atoms with van der Waals surface area (Å²) in [5.74, 6) is 0. The van der Waals surface area contributed by atoms with Crippen molar-refractivity contribution in [2.45, 2.75) is 37.2 Å². The van der Waals surface area contributed by atoms with Crippen LogP contribution in [-0.2, 0) is 6.54 Å². The zero-order valence-electron chi connectivity index (χ0n) is 11.8. The second kappa shape index (κ2) is 6.57. The summed E-state index contributed by atoms with van der Waals surface area (Å²) in [5, 5.41) is 17.8. The van der Waals surface area contributed by atoms with Crippen molar-refractivity contribution in [1.82, 2.24) is 14.8 Å². The highest BCUT2D eigenvalue weighted by molar-refractivity contribution is 7.99. The van der Waals surface area contributed by atoms with E-state index >= 15 is 0 Å². The van der Waals surface area contributed by atoms with E-state index in [0.29, 0.717) is 11.7 Å². The number of non-ortho nitro benzene ring substituents is 1. The van der Waals surface area contributed by atoms with Gasteiger partial charge in [0, 0.05) is 23.9 Å². The molecule has 112 valence electrons. The lowest BCUT2D eigenvalue weighted by molar-refractivity contribution is -0.384. The Morgan fingerprint density at radius 2 is 2.29 bits per heavy atom. The van der Waals surface area contributed by atoms with Gasteiger partial charge in [0.15, 0.2) is 5.16 Å². The minimum Gasteiger partial charge on any atom is -0.270 e. The van der Waals surface area contributed by atoms with Gasteiger partial charge >= 0.3 is 5.69 Å². The van der Waals surface area contributed by atoms with Crippen LogP contribution in [0.25, 0.3) is 0 Å². The van der Waals surface area contributed by atoms with Crippen molar-refractivity contribution in [3.8, 4) is 0 Å². The normalized spacial score (nSPS) is 12.3. The number of H-pyrrole nitrogens is 1. The average Bonchev–Trinajstić information content (AvgIpc) is 2.81. The molecule has 1 N–H and O–H groups in total. The average molecular weight is 308 g/mol. The Balaban J connectivity index is 2.22.